The van der Waals surface area contributed by atoms with E-state index in [1.54, 1.807) is 11.3 Å². The Kier molecular flexibility index (Phi) is 5.30. The lowest BCUT2D eigenvalue weighted by atomic mass is 10.1. The standard InChI is InChI=1S/C16H20N2OS/c1-3-13-4-6-14(7-5-13)8-9-15(19)17-10-16-18-12(2)11-20-16/h4-7,11H,3,8-10H2,1-2H3,(H,17,19). The summed E-state index contributed by atoms with van der Waals surface area (Å²) in [6.45, 7) is 4.64. The third-order valence-corrected chi connectivity index (χ3v) is 4.14. The summed E-state index contributed by atoms with van der Waals surface area (Å²) >= 11 is 1.58. The summed E-state index contributed by atoms with van der Waals surface area (Å²) in [5.41, 5.74) is 3.55. The van der Waals surface area contributed by atoms with E-state index in [-0.39, 0.29) is 5.91 Å². The molecule has 0 saturated carbocycles. The third-order valence-electron chi connectivity index (χ3n) is 3.18. The molecule has 2 aromatic rings. The first kappa shape index (κ1) is 14.7. The van der Waals surface area contributed by atoms with Crippen molar-refractivity contribution in [2.45, 2.75) is 39.7 Å². The second-order valence-corrected chi connectivity index (χ2v) is 5.77. The minimum atomic E-state index is 0.0809. The van der Waals surface area contributed by atoms with Crippen molar-refractivity contribution in [2.75, 3.05) is 0 Å². The molecular formula is C16H20N2OS. The number of hydrogen-bond acceptors (Lipinski definition) is 3. The lowest BCUT2D eigenvalue weighted by Crippen LogP contribution is -2.22. The van der Waals surface area contributed by atoms with Gasteiger partial charge in [-0.1, -0.05) is 31.2 Å². The van der Waals surface area contributed by atoms with Crippen LogP contribution in [0, 0.1) is 6.92 Å². The van der Waals surface area contributed by atoms with Crippen LogP contribution in [0.5, 0.6) is 0 Å². The molecule has 3 nitrogen and oxygen atoms in total. The monoisotopic (exact) mass is 288 g/mol. The zero-order chi connectivity index (χ0) is 14.4. The summed E-state index contributed by atoms with van der Waals surface area (Å²) in [6, 6.07) is 8.48. The number of rotatable bonds is 6. The van der Waals surface area contributed by atoms with E-state index in [0.717, 1.165) is 23.5 Å². The van der Waals surface area contributed by atoms with Crippen LogP contribution >= 0.6 is 11.3 Å². The van der Waals surface area contributed by atoms with Gasteiger partial charge in [0.25, 0.3) is 0 Å². The van der Waals surface area contributed by atoms with Crippen molar-refractivity contribution in [3.63, 3.8) is 0 Å². The van der Waals surface area contributed by atoms with Crippen molar-refractivity contribution in [3.8, 4) is 0 Å². The quantitative estimate of drug-likeness (QED) is 0.886. The highest BCUT2D eigenvalue weighted by Gasteiger charge is 2.04. The van der Waals surface area contributed by atoms with E-state index in [9.17, 15) is 4.79 Å². The molecule has 4 heteroatoms. The van der Waals surface area contributed by atoms with E-state index in [1.165, 1.54) is 11.1 Å². The van der Waals surface area contributed by atoms with E-state index in [2.05, 4.69) is 41.5 Å². The molecule has 0 aliphatic rings. The van der Waals surface area contributed by atoms with Gasteiger partial charge in [-0.2, -0.15) is 0 Å². The van der Waals surface area contributed by atoms with Gasteiger partial charge in [-0.3, -0.25) is 4.79 Å². The largest absolute Gasteiger partial charge is 0.350 e. The van der Waals surface area contributed by atoms with Crippen molar-refractivity contribution in [2.24, 2.45) is 0 Å². The molecule has 106 valence electrons. The molecule has 0 aliphatic carbocycles. The fourth-order valence-corrected chi connectivity index (χ4v) is 2.66. The van der Waals surface area contributed by atoms with Crippen LogP contribution < -0.4 is 5.32 Å². The number of carbonyl (C=O) groups excluding carboxylic acids is 1. The van der Waals surface area contributed by atoms with Gasteiger partial charge in [-0.25, -0.2) is 4.98 Å². The molecule has 1 aromatic heterocycles. The van der Waals surface area contributed by atoms with Crippen molar-refractivity contribution in [1.82, 2.24) is 10.3 Å². The van der Waals surface area contributed by atoms with Gasteiger partial charge in [0, 0.05) is 17.5 Å². The van der Waals surface area contributed by atoms with Crippen molar-refractivity contribution < 1.29 is 4.79 Å². The summed E-state index contributed by atoms with van der Waals surface area (Å²) in [5.74, 6) is 0.0809. The normalized spacial score (nSPS) is 10.5. The number of thiazole rings is 1. The van der Waals surface area contributed by atoms with Crippen molar-refractivity contribution in [1.29, 1.82) is 0 Å². The molecule has 0 fully saturated rings. The molecule has 20 heavy (non-hydrogen) atoms. The van der Waals surface area contributed by atoms with Gasteiger partial charge in [0.15, 0.2) is 0 Å². The Morgan fingerprint density at radius 3 is 2.55 bits per heavy atom. The Morgan fingerprint density at radius 1 is 1.25 bits per heavy atom. The van der Waals surface area contributed by atoms with Gasteiger partial charge >= 0.3 is 0 Å². The first-order valence-electron chi connectivity index (χ1n) is 6.93. The van der Waals surface area contributed by atoms with Gasteiger partial charge in [-0.15, -0.1) is 11.3 Å². The number of hydrogen-bond donors (Lipinski definition) is 1. The van der Waals surface area contributed by atoms with Crippen LogP contribution in [0.4, 0.5) is 0 Å². The lowest BCUT2D eigenvalue weighted by Gasteiger charge is -2.04. The summed E-state index contributed by atoms with van der Waals surface area (Å²) in [6.07, 6.45) is 2.36. The van der Waals surface area contributed by atoms with Crippen LogP contribution in [0.15, 0.2) is 29.6 Å². The molecule has 1 amide bonds. The SMILES string of the molecule is CCc1ccc(CCC(=O)NCc2nc(C)cs2)cc1. The van der Waals surface area contributed by atoms with E-state index in [1.807, 2.05) is 12.3 Å². The number of nitrogens with one attached hydrogen (secondary N) is 1. The molecule has 1 aromatic carbocycles. The molecule has 0 unspecified atom stereocenters. The highest BCUT2D eigenvalue weighted by Crippen LogP contribution is 2.09. The van der Waals surface area contributed by atoms with Crippen LogP contribution in [-0.2, 0) is 24.2 Å². The third kappa shape index (κ3) is 4.46. The smallest absolute Gasteiger partial charge is 0.220 e. The number of amides is 1. The first-order chi connectivity index (χ1) is 9.67. The second-order valence-electron chi connectivity index (χ2n) is 4.83. The number of carbonyl (C=O) groups is 1. The molecule has 0 bridgehead atoms. The van der Waals surface area contributed by atoms with Gasteiger partial charge in [0.2, 0.25) is 5.91 Å². The predicted octanol–water partition coefficient (Wildman–Crippen LogP) is 3.26. The Balaban J connectivity index is 1.74. The van der Waals surface area contributed by atoms with Crippen LogP contribution in [0.25, 0.3) is 0 Å². The molecule has 0 radical (unpaired) electrons. The number of aromatic nitrogens is 1. The number of nitrogens with zero attached hydrogens (tertiary/aromatic N) is 1. The Morgan fingerprint density at radius 2 is 1.95 bits per heavy atom. The minimum Gasteiger partial charge on any atom is -0.350 e. The molecule has 1 heterocycles. The molecule has 0 aliphatic heterocycles. The Bertz CT molecular complexity index is 560. The van der Waals surface area contributed by atoms with Crippen LogP contribution in [0.1, 0.15) is 35.2 Å². The second kappa shape index (κ2) is 7.20. The Labute approximate surface area is 124 Å². The zero-order valence-electron chi connectivity index (χ0n) is 12.0. The average molecular weight is 288 g/mol. The van der Waals surface area contributed by atoms with E-state index >= 15 is 0 Å². The molecular weight excluding hydrogens is 268 g/mol. The molecule has 0 spiro atoms. The average Bonchev–Trinajstić information content (AvgIpc) is 2.89. The molecule has 0 atom stereocenters. The zero-order valence-corrected chi connectivity index (χ0v) is 12.8. The van der Waals surface area contributed by atoms with Gasteiger partial charge < -0.3 is 5.32 Å². The lowest BCUT2D eigenvalue weighted by molar-refractivity contribution is -0.121. The highest BCUT2D eigenvalue weighted by molar-refractivity contribution is 7.09. The maximum absolute atomic E-state index is 11.8. The minimum absolute atomic E-state index is 0.0809. The van der Waals surface area contributed by atoms with Gasteiger partial charge in [0.1, 0.15) is 5.01 Å². The van der Waals surface area contributed by atoms with Crippen LogP contribution in [-0.4, -0.2) is 10.9 Å². The van der Waals surface area contributed by atoms with Crippen LogP contribution in [0.3, 0.4) is 0 Å². The fourth-order valence-electron chi connectivity index (χ4n) is 1.95. The highest BCUT2D eigenvalue weighted by atomic mass is 32.1. The fraction of sp³-hybridized carbons (Fsp3) is 0.375. The van der Waals surface area contributed by atoms with E-state index in [0.29, 0.717) is 13.0 Å². The van der Waals surface area contributed by atoms with E-state index < -0.39 is 0 Å². The van der Waals surface area contributed by atoms with E-state index in [4.69, 9.17) is 0 Å². The summed E-state index contributed by atoms with van der Waals surface area (Å²) in [5, 5.41) is 5.87. The number of aryl methyl sites for hydroxylation is 3. The van der Waals surface area contributed by atoms with Gasteiger partial charge in [-0.05, 0) is 30.9 Å². The Hall–Kier alpha value is -1.68. The summed E-state index contributed by atoms with van der Waals surface area (Å²) in [4.78, 5) is 16.1. The molecule has 2 rings (SSSR count). The number of benzene rings is 1. The predicted molar refractivity (Wildman–Crippen MR) is 82.8 cm³/mol. The summed E-state index contributed by atoms with van der Waals surface area (Å²) in [7, 11) is 0. The topological polar surface area (TPSA) is 42.0 Å². The first-order valence-corrected chi connectivity index (χ1v) is 7.81. The maximum atomic E-state index is 11.8. The van der Waals surface area contributed by atoms with Crippen molar-refractivity contribution in [3.05, 3.63) is 51.5 Å². The van der Waals surface area contributed by atoms with Crippen molar-refractivity contribution >= 4 is 17.2 Å². The maximum Gasteiger partial charge on any atom is 0.220 e. The summed E-state index contributed by atoms with van der Waals surface area (Å²) < 4.78 is 0. The molecule has 0 saturated heterocycles. The molecule has 1 N–H and O–H groups in total. The van der Waals surface area contributed by atoms with Gasteiger partial charge in [0.05, 0.1) is 6.54 Å². The van der Waals surface area contributed by atoms with Crippen LogP contribution in [0.2, 0.25) is 0 Å².